The van der Waals surface area contributed by atoms with Gasteiger partial charge in [0.2, 0.25) is 0 Å². The predicted molar refractivity (Wildman–Crippen MR) is 112 cm³/mol. The third-order valence-electron chi connectivity index (χ3n) is 4.77. The van der Waals surface area contributed by atoms with E-state index in [1.807, 2.05) is 31.3 Å². The number of carbonyl (C=O) groups is 2. The lowest BCUT2D eigenvalue weighted by molar-refractivity contribution is 0.102. The molecule has 1 aliphatic heterocycles. The predicted octanol–water partition coefficient (Wildman–Crippen LogP) is 3.47. The largest absolute Gasteiger partial charge is 0.322 e. The zero-order valence-corrected chi connectivity index (χ0v) is 16.6. The van der Waals surface area contributed by atoms with Crippen molar-refractivity contribution in [2.24, 2.45) is 0 Å². The van der Waals surface area contributed by atoms with E-state index < -0.39 is 11.7 Å². The van der Waals surface area contributed by atoms with Gasteiger partial charge in [-0.1, -0.05) is 23.5 Å². The molecule has 2 N–H and O–H groups in total. The van der Waals surface area contributed by atoms with Crippen LogP contribution in [0.5, 0.6) is 0 Å². The summed E-state index contributed by atoms with van der Waals surface area (Å²) in [5, 5.41) is 5.86. The number of piperazine rings is 1. The number of para-hydroxylation sites is 1. The summed E-state index contributed by atoms with van der Waals surface area (Å²) in [5.74, 6) is -1.09. The lowest BCUT2D eigenvalue weighted by Gasteiger charge is -2.32. The molecule has 1 aromatic heterocycles. The van der Waals surface area contributed by atoms with E-state index in [4.69, 9.17) is 0 Å². The van der Waals surface area contributed by atoms with Crippen LogP contribution >= 0.6 is 11.3 Å². The molecule has 0 unspecified atom stereocenters. The number of rotatable bonds is 3. The number of aromatic nitrogens is 1. The molecular weight excluding hydrogens is 393 g/mol. The van der Waals surface area contributed by atoms with E-state index >= 15 is 0 Å². The first-order valence-electron chi connectivity index (χ1n) is 9.20. The highest BCUT2D eigenvalue weighted by Gasteiger charge is 2.22. The first kappa shape index (κ1) is 19.3. The smallest absolute Gasteiger partial charge is 0.321 e. The summed E-state index contributed by atoms with van der Waals surface area (Å²) in [7, 11) is 2.00. The molecule has 2 heterocycles. The van der Waals surface area contributed by atoms with Crippen LogP contribution in [0.25, 0.3) is 10.2 Å². The minimum Gasteiger partial charge on any atom is -0.322 e. The third-order valence-corrected chi connectivity index (χ3v) is 5.72. The molecule has 0 aliphatic carbocycles. The number of hydrogen-bond donors (Lipinski definition) is 2. The molecule has 2 aromatic carbocycles. The maximum Gasteiger partial charge on any atom is 0.321 e. The van der Waals surface area contributed by atoms with E-state index in [2.05, 4.69) is 20.5 Å². The van der Waals surface area contributed by atoms with Gasteiger partial charge in [-0.05, 0) is 37.4 Å². The van der Waals surface area contributed by atoms with Crippen LogP contribution in [-0.4, -0.2) is 59.9 Å². The van der Waals surface area contributed by atoms with Gasteiger partial charge in [-0.15, -0.1) is 0 Å². The zero-order chi connectivity index (χ0) is 20.4. The van der Waals surface area contributed by atoms with Gasteiger partial charge in [0.05, 0.1) is 21.5 Å². The van der Waals surface area contributed by atoms with Gasteiger partial charge in [-0.3, -0.25) is 10.1 Å². The number of benzene rings is 2. The van der Waals surface area contributed by atoms with Crippen molar-refractivity contribution in [3.05, 3.63) is 53.8 Å². The number of thiazole rings is 1. The number of carbonyl (C=O) groups excluding carboxylic acids is 2. The molecule has 0 radical (unpaired) electrons. The average Bonchev–Trinajstić information content (AvgIpc) is 3.12. The highest BCUT2D eigenvalue weighted by atomic mass is 32.1. The van der Waals surface area contributed by atoms with Gasteiger partial charge in [0.25, 0.3) is 5.91 Å². The highest BCUT2D eigenvalue weighted by Crippen LogP contribution is 2.27. The fourth-order valence-electron chi connectivity index (χ4n) is 3.11. The van der Waals surface area contributed by atoms with E-state index in [0.29, 0.717) is 18.2 Å². The minimum absolute atomic E-state index is 0.0479. The number of likely N-dealkylation sites (N-methyl/N-ethyl adjacent to an activating group) is 1. The second kappa shape index (κ2) is 8.14. The van der Waals surface area contributed by atoms with Crippen molar-refractivity contribution in [2.75, 3.05) is 43.9 Å². The quantitative estimate of drug-likeness (QED) is 0.689. The van der Waals surface area contributed by atoms with Gasteiger partial charge in [0.15, 0.2) is 5.13 Å². The molecule has 7 nitrogen and oxygen atoms in total. The molecule has 0 bridgehead atoms. The van der Waals surface area contributed by atoms with E-state index in [1.54, 1.807) is 4.90 Å². The van der Waals surface area contributed by atoms with Gasteiger partial charge in [0.1, 0.15) is 5.82 Å². The van der Waals surface area contributed by atoms with Crippen LogP contribution < -0.4 is 10.6 Å². The Bertz CT molecular complexity index is 1030. The zero-order valence-electron chi connectivity index (χ0n) is 15.8. The molecular formula is C20H20FN5O2S. The van der Waals surface area contributed by atoms with Crippen LogP contribution in [0.2, 0.25) is 0 Å². The summed E-state index contributed by atoms with van der Waals surface area (Å²) in [6.45, 7) is 2.75. The Morgan fingerprint density at radius 2 is 1.83 bits per heavy atom. The fraction of sp³-hybridized carbons (Fsp3) is 0.250. The van der Waals surface area contributed by atoms with Gasteiger partial charge in [-0.25, -0.2) is 14.2 Å². The highest BCUT2D eigenvalue weighted by molar-refractivity contribution is 7.22. The van der Waals surface area contributed by atoms with Crippen LogP contribution in [0.15, 0.2) is 42.5 Å². The molecule has 29 heavy (non-hydrogen) atoms. The Hall–Kier alpha value is -3.04. The number of nitrogens with zero attached hydrogens (tertiary/aromatic N) is 3. The van der Waals surface area contributed by atoms with E-state index in [9.17, 15) is 14.0 Å². The first-order chi connectivity index (χ1) is 14.0. The number of fused-ring (bicyclic) bond motifs is 1. The average molecular weight is 413 g/mol. The van der Waals surface area contributed by atoms with E-state index in [1.165, 1.54) is 23.5 Å². The van der Waals surface area contributed by atoms with Gasteiger partial charge in [-0.2, -0.15) is 0 Å². The summed E-state index contributed by atoms with van der Waals surface area (Å²) >= 11 is 1.33. The molecule has 150 valence electrons. The Kier molecular flexibility index (Phi) is 5.41. The molecule has 1 aliphatic rings. The minimum atomic E-state index is -0.558. The monoisotopic (exact) mass is 413 g/mol. The van der Waals surface area contributed by atoms with Gasteiger partial charge >= 0.3 is 6.03 Å². The van der Waals surface area contributed by atoms with Crippen LogP contribution in [0.3, 0.4) is 0 Å². The Morgan fingerprint density at radius 1 is 1.07 bits per heavy atom. The van der Waals surface area contributed by atoms with Gasteiger partial charge < -0.3 is 15.1 Å². The Labute approximate surface area is 171 Å². The van der Waals surface area contributed by atoms with Crippen molar-refractivity contribution in [1.29, 1.82) is 0 Å². The van der Waals surface area contributed by atoms with Crippen molar-refractivity contribution in [3.8, 4) is 0 Å². The number of nitrogens with one attached hydrogen (secondary N) is 2. The first-order valence-corrected chi connectivity index (χ1v) is 10.0. The molecule has 0 spiro atoms. The molecule has 0 atom stereocenters. The molecule has 3 aromatic rings. The van der Waals surface area contributed by atoms with Crippen molar-refractivity contribution >= 4 is 44.3 Å². The number of urea groups is 1. The molecule has 3 amide bonds. The van der Waals surface area contributed by atoms with E-state index in [-0.39, 0.29) is 17.3 Å². The van der Waals surface area contributed by atoms with Crippen LogP contribution in [0, 0.1) is 5.82 Å². The Morgan fingerprint density at radius 3 is 2.59 bits per heavy atom. The molecule has 9 heteroatoms. The topological polar surface area (TPSA) is 77.6 Å². The summed E-state index contributed by atoms with van der Waals surface area (Å²) in [6, 6.07) is 10.9. The number of amides is 3. The number of hydrogen-bond acceptors (Lipinski definition) is 5. The maximum atomic E-state index is 13.8. The lowest BCUT2D eigenvalue weighted by atomic mass is 10.1. The van der Waals surface area contributed by atoms with Crippen LogP contribution in [-0.2, 0) is 0 Å². The summed E-state index contributed by atoms with van der Waals surface area (Å²) < 4.78 is 14.8. The van der Waals surface area contributed by atoms with Gasteiger partial charge in [0, 0.05) is 26.2 Å². The molecule has 4 rings (SSSR count). The number of halogens is 1. The van der Waals surface area contributed by atoms with Crippen molar-refractivity contribution in [2.45, 2.75) is 0 Å². The standard InChI is InChI=1S/C20H20FN5O2S/c1-25-8-10-26(11-9-25)20(28)23-15-7-6-13(21)12-14(15)18(27)24-19-22-16-4-2-3-5-17(16)29-19/h2-7,12H,8-11H2,1H3,(H,23,28)(H,22,24,27). The normalized spacial score (nSPS) is 14.8. The summed E-state index contributed by atoms with van der Waals surface area (Å²) in [5.41, 5.74) is 1.08. The SMILES string of the molecule is CN1CCN(C(=O)Nc2ccc(F)cc2C(=O)Nc2nc3ccccc3s2)CC1. The van der Waals surface area contributed by atoms with Crippen molar-refractivity contribution in [3.63, 3.8) is 0 Å². The van der Waals surface area contributed by atoms with Crippen LogP contribution in [0.1, 0.15) is 10.4 Å². The second-order valence-corrected chi connectivity index (χ2v) is 7.88. The third kappa shape index (κ3) is 4.36. The fourth-order valence-corrected chi connectivity index (χ4v) is 3.97. The van der Waals surface area contributed by atoms with Crippen molar-refractivity contribution in [1.82, 2.24) is 14.8 Å². The number of anilines is 2. The summed E-state index contributed by atoms with van der Waals surface area (Å²) in [6.07, 6.45) is 0. The van der Waals surface area contributed by atoms with Crippen LogP contribution in [0.4, 0.5) is 20.0 Å². The summed E-state index contributed by atoms with van der Waals surface area (Å²) in [4.78, 5) is 33.5. The van der Waals surface area contributed by atoms with E-state index in [0.717, 1.165) is 29.4 Å². The molecule has 0 saturated carbocycles. The van der Waals surface area contributed by atoms with Crippen molar-refractivity contribution < 1.29 is 14.0 Å². The molecule has 1 saturated heterocycles. The second-order valence-electron chi connectivity index (χ2n) is 6.85. The maximum absolute atomic E-state index is 13.8. The Balaban J connectivity index is 1.52. The lowest BCUT2D eigenvalue weighted by Crippen LogP contribution is -2.48. The molecule has 1 fully saturated rings.